The molecule has 1 aliphatic heterocycles. The van der Waals surface area contributed by atoms with Gasteiger partial charge in [-0.2, -0.15) is 0 Å². The normalized spacial score (nSPS) is 11.0. The van der Waals surface area contributed by atoms with E-state index < -0.39 is 0 Å². The smallest absolute Gasteiger partial charge is 0.154 e. The molecule has 0 N–H and O–H groups in total. The lowest BCUT2D eigenvalue weighted by Crippen LogP contribution is -1.86. The van der Waals surface area contributed by atoms with Gasteiger partial charge in [0.2, 0.25) is 0 Å². The summed E-state index contributed by atoms with van der Waals surface area (Å²) in [5.74, 6) is 0.458. The average molecular weight is 300 g/mol. The first-order valence-electron chi connectivity index (χ1n) is 7.27. The lowest BCUT2D eigenvalue weighted by molar-refractivity contribution is 0.111. The molecule has 23 heavy (non-hydrogen) atoms. The average Bonchev–Trinajstić information content (AvgIpc) is 2.93. The number of carbonyl (C=O) groups excluding carboxylic acids is 2. The highest BCUT2D eigenvalue weighted by molar-refractivity contribution is 6.10. The fourth-order valence-corrected chi connectivity index (χ4v) is 3.02. The monoisotopic (exact) mass is 300 g/mol. The van der Waals surface area contributed by atoms with Gasteiger partial charge >= 0.3 is 0 Å². The number of carbonyl (C=O) groups is 2. The second-order valence-corrected chi connectivity index (χ2v) is 5.33. The first-order valence-corrected chi connectivity index (χ1v) is 7.27. The zero-order valence-corrected chi connectivity index (χ0v) is 12.2. The summed E-state index contributed by atoms with van der Waals surface area (Å²) in [6.45, 7) is 0. The van der Waals surface area contributed by atoms with E-state index in [1.807, 2.05) is 60.7 Å². The summed E-state index contributed by atoms with van der Waals surface area (Å²) in [6, 6.07) is 18.9. The molecule has 110 valence electrons. The van der Waals surface area contributed by atoms with Crippen LogP contribution in [0.25, 0.3) is 33.4 Å². The van der Waals surface area contributed by atoms with Crippen LogP contribution in [0.4, 0.5) is 0 Å². The number of para-hydroxylation sites is 1. The molecule has 1 aliphatic carbocycles. The number of hydrogen-bond donors (Lipinski definition) is 0. The van der Waals surface area contributed by atoms with Crippen LogP contribution >= 0.6 is 0 Å². The molecule has 3 nitrogen and oxygen atoms in total. The third-order valence-electron chi connectivity index (χ3n) is 4.05. The number of aldehydes is 2. The number of benzene rings is 2. The Morgan fingerprint density at radius 1 is 0.783 bits per heavy atom. The van der Waals surface area contributed by atoms with Gasteiger partial charge in [0.25, 0.3) is 0 Å². The molecule has 2 aromatic carbocycles. The first-order chi connectivity index (χ1) is 11.3. The Bertz CT molecular complexity index is 935. The summed E-state index contributed by atoms with van der Waals surface area (Å²) in [5.41, 5.74) is 3.71. The maximum absolute atomic E-state index is 11.7. The van der Waals surface area contributed by atoms with Gasteiger partial charge in [0.05, 0.1) is 5.56 Å². The van der Waals surface area contributed by atoms with Crippen molar-refractivity contribution in [2.75, 3.05) is 0 Å². The van der Waals surface area contributed by atoms with E-state index in [2.05, 4.69) is 0 Å². The van der Waals surface area contributed by atoms with Crippen LogP contribution in [0.15, 0.2) is 65.1 Å². The zero-order valence-electron chi connectivity index (χ0n) is 12.2. The predicted molar refractivity (Wildman–Crippen MR) is 89.0 cm³/mol. The second kappa shape index (κ2) is 5.21. The molecule has 4 rings (SSSR count). The Morgan fingerprint density at radius 3 is 2.22 bits per heavy atom. The Morgan fingerprint density at radius 2 is 1.48 bits per heavy atom. The molecule has 2 aromatic rings. The van der Waals surface area contributed by atoms with Gasteiger partial charge in [0.15, 0.2) is 12.6 Å². The van der Waals surface area contributed by atoms with Crippen LogP contribution in [-0.4, -0.2) is 12.6 Å². The minimum atomic E-state index is 0.416. The summed E-state index contributed by atoms with van der Waals surface area (Å²) < 4.78 is 5.92. The van der Waals surface area contributed by atoms with E-state index in [-0.39, 0.29) is 0 Å². The van der Waals surface area contributed by atoms with E-state index in [1.54, 1.807) is 0 Å². The van der Waals surface area contributed by atoms with Crippen LogP contribution < -0.4 is 0 Å². The Balaban J connectivity index is 2.17. The van der Waals surface area contributed by atoms with E-state index in [4.69, 9.17) is 4.42 Å². The molecule has 0 saturated carbocycles. The second-order valence-electron chi connectivity index (χ2n) is 5.33. The Labute approximate surface area is 132 Å². The van der Waals surface area contributed by atoms with Gasteiger partial charge in [0.1, 0.15) is 11.3 Å². The molecule has 0 unspecified atom stereocenters. The van der Waals surface area contributed by atoms with Gasteiger partial charge in [-0.25, -0.2) is 0 Å². The molecule has 0 saturated heterocycles. The standard InChI is InChI=1S/C20H12O3/c21-11-16-15-10-14-8-4-5-9-18(14)23-20(15)17(12-22)19(16)13-6-2-1-3-7-13/h1-12H. The fourth-order valence-electron chi connectivity index (χ4n) is 3.02. The summed E-state index contributed by atoms with van der Waals surface area (Å²) in [7, 11) is 0. The Hall–Kier alpha value is -3.20. The highest BCUT2D eigenvalue weighted by Crippen LogP contribution is 2.42. The number of rotatable bonds is 3. The Kier molecular flexibility index (Phi) is 3.05. The number of hydrogen-bond acceptors (Lipinski definition) is 3. The van der Waals surface area contributed by atoms with Crippen LogP contribution in [-0.2, 0) is 0 Å². The lowest BCUT2D eigenvalue weighted by atomic mass is 10.0. The van der Waals surface area contributed by atoms with Crippen molar-refractivity contribution in [1.29, 1.82) is 0 Å². The summed E-state index contributed by atoms with van der Waals surface area (Å²) in [6.07, 6.45) is 1.55. The van der Waals surface area contributed by atoms with Gasteiger partial charge in [-0.05, 0) is 17.7 Å². The summed E-state index contributed by atoms with van der Waals surface area (Å²) >= 11 is 0. The van der Waals surface area contributed by atoms with E-state index in [0.29, 0.717) is 33.6 Å². The van der Waals surface area contributed by atoms with E-state index in [0.717, 1.165) is 23.5 Å². The van der Waals surface area contributed by atoms with Crippen LogP contribution in [0.1, 0.15) is 20.7 Å². The molecule has 1 heterocycles. The highest BCUT2D eigenvalue weighted by Gasteiger charge is 2.26. The van der Waals surface area contributed by atoms with Crippen LogP contribution in [0.5, 0.6) is 0 Å². The molecule has 0 fully saturated rings. The molecule has 0 spiro atoms. The third-order valence-corrected chi connectivity index (χ3v) is 4.05. The highest BCUT2D eigenvalue weighted by atomic mass is 16.3. The molecule has 0 atom stereocenters. The van der Waals surface area contributed by atoms with Crippen molar-refractivity contribution in [2.24, 2.45) is 0 Å². The number of fused-ring (bicyclic) bond motifs is 2. The maximum atomic E-state index is 11.7. The van der Waals surface area contributed by atoms with Crippen molar-refractivity contribution < 1.29 is 14.0 Å². The topological polar surface area (TPSA) is 47.3 Å². The molecule has 0 aromatic heterocycles. The van der Waals surface area contributed by atoms with Crippen LogP contribution in [0.3, 0.4) is 0 Å². The van der Waals surface area contributed by atoms with Crippen molar-refractivity contribution in [1.82, 2.24) is 0 Å². The van der Waals surface area contributed by atoms with Crippen LogP contribution in [0, 0.1) is 0 Å². The molecule has 0 bridgehead atoms. The minimum absolute atomic E-state index is 0.416. The fraction of sp³-hybridized carbons (Fsp3) is 0. The van der Waals surface area contributed by atoms with Gasteiger partial charge in [-0.1, -0.05) is 48.5 Å². The van der Waals surface area contributed by atoms with Gasteiger partial charge < -0.3 is 4.42 Å². The first kappa shape index (κ1) is 13.5. The molecule has 0 radical (unpaired) electrons. The zero-order chi connectivity index (χ0) is 15.8. The SMILES string of the molecule is O=Cc1c2cc3ccccc3oc-2c(C=O)c1-c1ccccc1. The molecule has 2 aliphatic rings. The third kappa shape index (κ3) is 1.98. The summed E-state index contributed by atoms with van der Waals surface area (Å²) in [4.78, 5) is 23.4. The molecule has 0 amide bonds. The molecule has 3 heteroatoms. The van der Waals surface area contributed by atoms with Gasteiger partial charge in [0, 0.05) is 22.1 Å². The summed E-state index contributed by atoms with van der Waals surface area (Å²) in [5, 5.41) is 0.894. The largest absolute Gasteiger partial charge is 0.455 e. The van der Waals surface area contributed by atoms with E-state index >= 15 is 0 Å². The van der Waals surface area contributed by atoms with Crippen LogP contribution in [0.2, 0.25) is 0 Å². The van der Waals surface area contributed by atoms with Gasteiger partial charge in [-0.15, -0.1) is 0 Å². The lowest BCUT2D eigenvalue weighted by Gasteiger charge is -2.03. The molecular weight excluding hydrogens is 288 g/mol. The molecular formula is C20H12O3. The van der Waals surface area contributed by atoms with Gasteiger partial charge in [-0.3, -0.25) is 9.59 Å². The maximum Gasteiger partial charge on any atom is 0.154 e. The van der Waals surface area contributed by atoms with Crippen molar-refractivity contribution >= 4 is 23.5 Å². The van der Waals surface area contributed by atoms with Crippen molar-refractivity contribution in [3.63, 3.8) is 0 Å². The van der Waals surface area contributed by atoms with Crippen molar-refractivity contribution in [3.05, 3.63) is 71.8 Å². The predicted octanol–water partition coefficient (Wildman–Crippen LogP) is 4.83. The van der Waals surface area contributed by atoms with E-state index in [1.165, 1.54) is 0 Å². The minimum Gasteiger partial charge on any atom is -0.455 e. The van der Waals surface area contributed by atoms with Crippen molar-refractivity contribution in [3.8, 4) is 22.5 Å². The quantitative estimate of drug-likeness (QED) is 0.509. The van der Waals surface area contributed by atoms with Crippen molar-refractivity contribution in [2.45, 2.75) is 0 Å². The van der Waals surface area contributed by atoms with E-state index in [9.17, 15) is 9.59 Å².